The van der Waals surface area contributed by atoms with Gasteiger partial charge >= 0.3 is 29.7 Å². The van der Waals surface area contributed by atoms with Crippen molar-refractivity contribution in [3.63, 3.8) is 0 Å². The molecule has 0 aromatic carbocycles. The second-order valence-corrected chi connectivity index (χ2v) is 0. The Morgan fingerprint density at radius 1 is 1.25 bits per heavy atom. The average molecular weight is 337 g/mol. The van der Waals surface area contributed by atoms with Crippen LogP contribution in [-0.2, 0) is 46.8 Å². The maximum Gasteiger partial charge on any atom is 0 e. The minimum Gasteiger partial charge on any atom is 0 e. The zero-order valence-corrected chi connectivity index (χ0v) is 12.4. The van der Waals surface area contributed by atoms with Gasteiger partial charge in [0.1, 0.15) is 0 Å². The van der Waals surface area contributed by atoms with Crippen LogP contribution in [0.5, 0.6) is 0 Å². The van der Waals surface area contributed by atoms with E-state index in [4.69, 9.17) is 0 Å². The molecule has 4 heteroatoms. The minimum absolute atomic E-state index is 0. The van der Waals surface area contributed by atoms with Crippen LogP contribution in [0.25, 0.3) is 0 Å². The van der Waals surface area contributed by atoms with Gasteiger partial charge in [0.25, 0.3) is 0 Å². The van der Waals surface area contributed by atoms with Gasteiger partial charge in [-0.3, -0.25) is 0 Å². The van der Waals surface area contributed by atoms with Crippen molar-refractivity contribution in [1.29, 1.82) is 0 Å². The Kier molecular flexibility index (Phi) is 70.6. The Bertz CT molecular complexity index is 8.00. The molecule has 0 nitrogen and oxygen atoms in total. The third-order valence-electron chi connectivity index (χ3n) is 0. The van der Waals surface area contributed by atoms with Gasteiger partial charge in [-0.15, -0.1) is 0 Å². The number of hydrogen-bond donors (Lipinski definition) is 0. The summed E-state index contributed by atoms with van der Waals surface area (Å²) in [6.45, 7) is 0. The zero-order valence-electron chi connectivity index (χ0n) is 2.23. The summed E-state index contributed by atoms with van der Waals surface area (Å²) in [5, 5.41) is 0. The molecule has 0 aromatic heterocycles. The Balaban J connectivity index is -0.00000000500. The van der Waals surface area contributed by atoms with Crippen molar-refractivity contribution < 1.29 is 46.8 Å². The topological polar surface area (TPSA) is 0 Å². The van der Waals surface area contributed by atoms with E-state index >= 15 is 0 Å². The summed E-state index contributed by atoms with van der Waals surface area (Å²) >= 11 is 1.53. The molecule has 0 aliphatic heterocycles. The number of rotatable bonds is 0. The number of hydrogen-bond acceptors (Lipinski definition) is 1. The van der Waals surface area contributed by atoms with Crippen LogP contribution in [0.4, 0.5) is 0 Å². The predicted molar refractivity (Wildman–Crippen MR) is 13.3 cm³/mol. The third kappa shape index (κ3) is 8.82. The van der Waals surface area contributed by atoms with Gasteiger partial charge in [0.15, 0.2) is 0 Å². The molecule has 0 fully saturated rings. The first kappa shape index (κ1) is 16.0. The maximum atomic E-state index is 4.09. The van der Waals surface area contributed by atoms with Crippen molar-refractivity contribution in [3.8, 4) is 0 Å². The first-order chi connectivity index (χ1) is 1.00. The second-order valence-electron chi connectivity index (χ2n) is 0. The van der Waals surface area contributed by atoms with Gasteiger partial charge in [0.2, 0.25) is 0 Å². The molecule has 0 aliphatic rings. The van der Waals surface area contributed by atoms with Gasteiger partial charge in [-0.1, -0.05) is 0 Å². The van der Waals surface area contributed by atoms with Gasteiger partial charge in [-0.25, -0.2) is 0 Å². The molecule has 0 aliphatic carbocycles. The summed E-state index contributed by atoms with van der Waals surface area (Å²) in [4.78, 5) is 0. The smallest absolute Gasteiger partial charge is 0 e. The van der Waals surface area contributed by atoms with Crippen molar-refractivity contribution in [2.45, 2.75) is 0 Å². The normalized spacial score (nSPS) is 1.00. The van der Waals surface area contributed by atoms with Crippen molar-refractivity contribution >= 4 is 29.7 Å². The van der Waals surface area contributed by atoms with E-state index in [1.54, 1.807) is 0 Å². The molecule has 0 heterocycles. The zero-order chi connectivity index (χ0) is 2.00. The molecule has 16 valence electrons. The standard InChI is InChI=1S/Cd.STe.Zn/c;1-2;. The molecule has 0 rings (SSSR count). The van der Waals surface area contributed by atoms with Gasteiger partial charge in [0, 0.05) is 46.8 Å². The molecular formula is CdSTeZn. The van der Waals surface area contributed by atoms with Gasteiger partial charge in [-0.2, -0.15) is 0 Å². The quantitative estimate of drug-likeness (QED) is 0.572. The third-order valence-corrected chi connectivity index (χ3v) is 0. The van der Waals surface area contributed by atoms with Gasteiger partial charge in [-0.05, 0) is 0 Å². The van der Waals surface area contributed by atoms with Crippen LogP contribution in [0, 0.1) is 0 Å². The summed E-state index contributed by atoms with van der Waals surface area (Å²) in [5.74, 6) is 0. The van der Waals surface area contributed by atoms with Crippen molar-refractivity contribution in [1.82, 2.24) is 0 Å². The summed E-state index contributed by atoms with van der Waals surface area (Å²) < 4.78 is 0. The summed E-state index contributed by atoms with van der Waals surface area (Å²) in [5.41, 5.74) is 0. The Morgan fingerprint density at radius 3 is 1.25 bits per heavy atom. The second kappa shape index (κ2) is 17.7. The predicted octanol–water partition coefficient (Wildman–Crippen LogP) is 0.262. The van der Waals surface area contributed by atoms with E-state index in [1.807, 2.05) is 0 Å². The Labute approximate surface area is 75.1 Å². The molecule has 0 aromatic rings. The summed E-state index contributed by atoms with van der Waals surface area (Å²) in [6.07, 6.45) is 0. The van der Waals surface area contributed by atoms with Crippen LogP contribution in [0.3, 0.4) is 0 Å². The molecule has 4 heavy (non-hydrogen) atoms. The molecule has 0 unspecified atom stereocenters. The van der Waals surface area contributed by atoms with Crippen molar-refractivity contribution in [3.05, 3.63) is 0 Å². The largest absolute Gasteiger partial charge is 0 e. The molecule has 0 atom stereocenters. The van der Waals surface area contributed by atoms with E-state index in [9.17, 15) is 0 Å². The van der Waals surface area contributed by atoms with E-state index in [-0.39, 0.29) is 46.8 Å². The summed E-state index contributed by atoms with van der Waals surface area (Å²) in [7, 11) is 4.09. The van der Waals surface area contributed by atoms with Crippen LogP contribution in [0.15, 0.2) is 0 Å². The molecule has 0 N–H and O–H groups in total. The fraction of sp³-hybridized carbons (Fsp3) is 0. The van der Waals surface area contributed by atoms with Crippen LogP contribution < -0.4 is 0 Å². The van der Waals surface area contributed by atoms with E-state index in [0.717, 1.165) is 0 Å². The van der Waals surface area contributed by atoms with Crippen molar-refractivity contribution in [2.75, 3.05) is 0 Å². The van der Waals surface area contributed by atoms with E-state index in [2.05, 4.69) is 9.34 Å². The van der Waals surface area contributed by atoms with Crippen molar-refractivity contribution in [2.24, 2.45) is 0 Å². The first-order valence-corrected chi connectivity index (χ1v) is 3.35. The van der Waals surface area contributed by atoms with Crippen LogP contribution in [-0.4, -0.2) is 20.4 Å². The Hall–Kier alpha value is 2.56. The van der Waals surface area contributed by atoms with Crippen LogP contribution in [0.2, 0.25) is 0 Å². The average Bonchev–Trinajstić information content (AvgIpc) is 1.00. The first-order valence-electron chi connectivity index (χ1n) is 0.167. The van der Waals surface area contributed by atoms with E-state index in [0.29, 0.717) is 0 Å². The molecule has 0 bridgehead atoms. The molecule has 0 saturated heterocycles. The fourth-order valence-corrected chi connectivity index (χ4v) is 0. The van der Waals surface area contributed by atoms with Crippen LogP contribution >= 0.6 is 9.34 Å². The monoisotopic (exact) mass is 340 g/mol. The van der Waals surface area contributed by atoms with E-state index in [1.165, 1.54) is 20.4 Å². The molecule has 0 radical (unpaired) electrons. The SMILES string of the molecule is S=[Te].[Cd].[Zn]. The Morgan fingerprint density at radius 2 is 1.25 bits per heavy atom. The van der Waals surface area contributed by atoms with Gasteiger partial charge < -0.3 is 0 Å². The molecule has 0 spiro atoms. The van der Waals surface area contributed by atoms with Crippen LogP contribution in [0.1, 0.15) is 0 Å². The fourth-order valence-electron chi connectivity index (χ4n) is 0. The maximum absolute atomic E-state index is 4.09. The van der Waals surface area contributed by atoms with E-state index < -0.39 is 0 Å². The summed E-state index contributed by atoms with van der Waals surface area (Å²) in [6, 6.07) is 0. The molecule has 0 amide bonds. The van der Waals surface area contributed by atoms with Gasteiger partial charge in [0.05, 0.1) is 0 Å². The molecule has 0 saturated carbocycles. The molecular weight excluding hydrogens is 337 g/mol. The minimum atomic E-state index is 0.